The van der Waals surface area contributed by atoms with Crippen molar-refractivity contribution in [2.75, 3.05) is 11.9 Å². The van der Waals surface area contributed by atoms with E-state index < -0.39 is 0 Å². The Kier molecular flexibility index (Phi) is 7.25. The highest BCUT2D eigenvalue weighted by atomic mass is 32.1. The monoisotopic (exact) mass is 553 g/mol. The fourth-order valence-electron chi connectivity index (χ4n) is 5.77. The summed E-state index contributed by atoms with van der Waals surface area (Å²) < 4.78 is 4.74. The summed E-state index contributed by atoms with van der Waals surface area (Å²) in [5.41, 5.74) is 12.3. The zero-order chi connectivity index (χ0) is 28.5. The lowest BCUT2D eigenvalue weighted by Gasteiger charge is -2.29. The Hall–Kier alpha value is -4.54. The summed E-state index contributed by atoms with van der Waals surface area (Å²) in [4.78, 5) is 2.39. The zero-order valence-electron chi connectivity index (χ0n) is 23.8. The van der Waals surface area contributed by atoms with Gasteiger partial charge in [0, 0.05) is 38.0 Å². The number of rotatable bonds is 4. The molecule has 0 bridgehead atoms. The molecule has 1 atom stereocenters. The SMILES string of the molecule is C/C=C\C.C=C(N)n1c2ccc(-c3ccccc3)cc2c2c3sc4ccccc4c3cc(N(C)C3C=CC=CC3)c21. The fourth-order valence-corrected chi connectivity index (χ4v) is 7.02. The van der Waals surface area contributed by atoms with Crippen molar-refractivity contribution in [2.45, 2.75) is 26.3 Å². The van der Waals surface area contributed by atoms with E-state index in [9.17, 15) is 0 Å². The normalized spacial score (nSPS) is 14.8. The van der Waals surface area contributed by atoms with Crippen molar-refractivity contribution < 1.29 is 0 Å². The molecule has 2 aromatic heterocycles. The van der Waals surface area contributed by atoms with Crippen LogP contribution in [-0.2, 0) is 0 Å². The van der Waals surface area contributed by atoms with Gasteiger partial charge in [0.15, 0.2) is 0 Å². The molecular formula is C37H35N3S. The van der Waals surface area contributed by atoms with Crippen LogP contribution in [-0.4, -0.2) is 17.7 Å². The molecule has 0 radical (unpaired) electrons. The summed E-state index contributed by atoms with van der Waals surface area (Å²) in [5.74, 6) is 0.529. The molecule has 2 N–H and O–H groups in total. The second kappa shape index (κ2) is 11.1. The van der Waals surface area contributed by atoms with Crippen molar-refractivity contribution in [3.05, 3.63) is 122 Å². The lowest BCUT2D eigenvalue weighted by molar-refractivity contribution is 0.755. The molecular weight excluding hydrogens is 518 g/mol. The summed E-state index contributed by atoms with van der Waals surface area (Å²) in [6, 6.07) is 28.6. The Bertz CT molecular complexity index is 1980. The first-order valence-electron chi connectivity index (χ1n) is 14.1. The van der Waals surface area contributed by atoms with Crippen LogP contribution in [0.15, 0.2) is 122 Å². The highest BCUT2D eigenvalue weighted by Gasteiger charge is 2.24. The van der Waals surface area contributed by atoms with E-state index in [2.05, 4.69) is 126 Å². The van der Waals surface area contributed by atoms with Gasteiger partial charge < -0.3 is 10.6 Å². The third-order valence-corrected chi connectivity index (χ3v) is 9.12. The van der Waals surface area contributed by atoms with E-state index in [0.717, 1.165) is 17.5 Å². The molecule has 0 saturated heterocycles. The molecule has 0 amide bonds. The quantitative estimate of drug-likeness (QED) is 0.220. The number of hydrogen-bond donors (Lipinski definition) is 1. The molecule has 0 saturated carbocycles. The predicted molar refractivity (Wildman–Crippen MR) is 183 cm³/mol. The smallest absolute Gasteiger partial charge is 0.100 e. The number of fused-ring (bicyclic) bond motifs is 7. The van der Waals surface area contributed by atoms with Gasteiger partial charge in [-0.25, -0.2) is 0 Å². The predicted octanol–water partition coefficient (Wildman–Crippen LogP) is 10.1. The van der Waals surface area contributed by atoms with Crippen LogP contribution in [0.4, 0.5) is 5.69 Å². The zero-order valence-corrected chi connectivity index (χ0v) is 24.7. The van der Waals surface area contributed by atoms with E-state index >= 15 is 0 Å². The van der Waals surface area contributed by atoms with Gasteiger partial charge in [0.05, 0.1) is 22.8 Å². The van der Waals surface area contributed by atoms with Crippen molar-refractivity contribution in [2.24, 2.45) is 5.73 Å². The lowest BCUT2D eigenvalue weighted by atomic mass is 10.0. The molecule has 1 aliphatic carbocycles. The Labute approximate surface area is 245 Å². The fraction of sp³-hybridized carbons (Fsp3) is 0.135. The van der Waals surface area contributed by atoms with Gasteiger partial charge in [0.1, 0.15) is 5.82 Å². The Morgan fingerprint density at radius 1 is 0.902 bits per heavy atom. The van der Waals surface area contributed by atoms with Crippen LogP contribution in [0, 0.1) is 0 Å². The van der Waals surface area contributed by atoms with Gasteiger partial charge in [-0.3, -0.25) is 4.57 Å². The maximum Gasteiger partial charge on any atom is 0.100 e. The van der Waals surface area contributed by atoms with Crippen molar-refractivity contribution in [1.82, 2.24) is 4.57 Å². The van der Waals surface area contributed by atoms with Crippen LogP contribution < -0.4 is 10.6 Å². The second-order valence-corrected chi connectivity index (χ2v) is 11.5. The minimum absolute atomic E-state index is 0.271. The van der Waals surface area contributed by atoms with Crippen molar-refractivity contribution >= 4 is 64.8 Å². The minimum atomic E-state index is 0.271. The number of allylic oxidation sites excluding steroid dienone is 4. The largest absolute Gasteiger partial charge is 0.385 e. The van der Waals surface area contributed by atoms with Gasteiger partial charge in [0.2, 0.25) is 0 Å². The number of thiophene rings is 1. The summed E-state index contributed by atoms with van der Waals surface area (Å²) in [6.45, 7) is 8.21. The van der Waals surface area contributed by atoms with Crippen molar-refractivity contribution in [3.63, 3.8) is 0 Å². The van der Waals surface area contributed by atoms with Gasteiger partial charge >= 0.3 is 0 Å². The minimum Gasteiger partial charge on any atom is -0.385 e. The highest BCUT2D eigenvalue weighted by molar-refractivity contribution is 7.26. The average Bonchev–Trinajstić information content (AvgIpc) is 3.57. The number of nitrogens with zero attached hydrogens (tertiary/aromatic N) is 2. The molecule has 3 nitrogen and oxygen atoms in total. The van der Waals surface area contributed by atoms with Crippen molar-refractivity contribution in [3.8, 4) is 11.1 Å². The van der Waals surface area contributed by atoms with Crippen LogP contribution in [0.2, 0.25) is 0 Å². The van der Waals surface area contributed by atoms with E-state index in [-0.39, 0.29) is 6.04 Å². The first-order chi connectivity index (χ1) is 20.0. The maximum atomic E-state index is 6.53. The number of benzene rings is 4. The first-order valence-corrected chi connectivity index (χ1v) is 14.9. The highest BCUT2D eigenvalue weighted by Crippen LogP contribution is 2.47. The molecule has 6 aromatic rings. The van der Waals surface area contributed by atoms with Crippen molar-refractivity contribution in [1.29, 1.82) is 0 Å². The standard InChI is InChI=1S/C33H27N3S.C4H8/c1-21(34)36-28-18-17-23(22-11-5-3-6-12-22)19-27(28)31-32(36)29(35(2)24-13-7-4-8-14-24)20-26-25-15-9-10-16-30(25)37-33(26)31;1-3-4-2/h3-13,15-20,24H,1,14,34H2,2H3;3-4H,1-2H3/b;4-3-. The molecule has 0 spiro atoms. The number of hydrogen-bond acceptors (Lipinski definition) is 3. The summed E-state index contributed by atoms with van der Waals surface area (Å²) in [7, 11) is 2.19. The maximum absolute atomic E-state index is 6.53. The summed E-state index contributed by atoms with van der Waals surface area (Å²) in [6.07, 6.45) is 13.8. The molecule has 4 heteroatoms. The molecule has 1 unspecified atom stereocenters. The van der Waals surface area contributed by atoms with Gasteiger partial charge in [-0.1, -0.05) is 97.6 Å². The number of nitrogens with two attached hydrogens (primary N) is 1. The molecule has 4 aromatic carbocycles. The molecule has 2 heterocycles. The van der Waals surface area contributed by atoms with E-state index in [1.807, 2.05) is 37.3 Å². The third kappa shape index (κ3) is 4.64. The number of likely N-dealkylation sites (N-methyl/N-ethyl adjacent to an activating group) is 1. The second-order valence-electron chi connectivity index (χ2n) is 10.4. The van der Waals surface area contributed by atoms with Gasteiger partial charge in [-0.05, 0) is 55.7 Å². The van der Waals surface area contributed by atoms with Crippen LogP contribution in [0.1, 0.15) is 20.3 Å². The number of anilines is 1. The summed E-state index contributed by atoms with van der Waals surface area (Å²) >= 11 is 1.86. The van der Waals surface area contributed by atoms with Gasteiger partial charge in [-0.15, -0.1) is 11.3 Å². The Balaban J connectivity index is 0.000000712. The van der Waals surface area contributed by atoms with E-state index in [0.29, 0.717) is 5.82 Å². The van der Waals surface area contributed by atoms with Gasteiger partial charge in [-0.2, -0.15) is 0 Å². The third-order valence-electron chi connectivity index (χ3n) is 7.91. The topological polar surface area (TPSA) is 34.2 Å². The lowest BCUT2D eigenvalue weighted by Crippen LogP contribution is -2.30. The Morgan fingerprint density at radius 2 is 1.66 bits per heavy atom. The van der Waals surface area contributed by atoms with E-state index in [4.69, 9.17) is 5.73 Å². The Morgan fingerprint density at radius 3 is 2.37 bits per heavy atom. The molecule has 0 aliphatic heterocycles. The van der Waals surface area contributed by atoms with Crippen LogP contribution >= 0.6 is 11.3 Å². The molecule has 7 rings (SSSR count). The van der Waals surface area contributed by atoms with E-state index in [1.165, 1.54) is 47.8 Å². The molecule has 0 fully saturated rings. The molecule has 41 heavy (non-hydrogen) atoms. The molecule has 1 aliphatic rings. The first kappa shape index (κ1) is 26.7. The van der Waals surface area contributed by atoms with Gasteiger partial charge in [0.25, 0.3) is 0 Å². The van der Waals surface area contributed by atoms with Crippen LogP contribution in [0.3, 0.4) is 0 Å². The van der Waals surface area contributed by atoms with Crippen LogP contribution in [0.5, 0.6) is 0 Å². The number of aromatic nitrogens is 1. The average molecular weight is 554 g/mol. The molecule has 204 valence electrons. The summed E-state index contributed by atoms with van der Waals surface area (Å²) in [5, 5.41) is 5.03. The van der Waals surface area contributed by atoms with E-state index in [1.54, 1.807) is 0 Å². The van der Waals surface area contributed by atoms with Crippen LogP contribution in [0.25, 0.3) is 58.9 Å².